The van der Waals surface area contributed by atoms with Crippen molar-refractivity contribution in [2.45, 2.75) is 54.4 Å². The van der Waals surface area contributed by atoms with Crippen molar-refractivity contribution in [3.8, 4) is 0 Å². The summed E-state index contributed by atoms with van der Waals surface area (Å²) in [5, 5.41) is 10.8. The van der Waals surface area contributed by atoms with Gasteiger partial charge in [0.2, 0.25) is 12.2 Å². The fourth-order valence-corrected chi connectivity index (χ4v) is 1.19. The van der Waals surface area contributed by atoms with Crippen molar-refractivity contribution in [1.29, 1.82) is 10.8 Å². The van der Waals surface area contributed by atoms with Crippen LogP contribution >= 0.6 is 0 Å². The van der Waals surface area contributed by atoms with Crippen molar-refractivity contribution >= 4 is 12.2 Å². The summed E-state index contributed by atoms with van der Waals surface area (Å²) in [6.45, 7) is 14.0. The summed E-state index contributed by atoms with van der Waals surface area (Å²) in [7, 11) is 0. The van der Waals surface area contributed by atoms with E-state index in [9.17, 15) is 0 Å². The maximum atomic E-state index is 8.35. The van der Waals surface area contributed by atoms with Crippen LogP contribution in [0, 0.1) is 34.5 Å². The molecular weight excluding hydrogens is 228 g/mol. The highest BCUT2D eigenvalue weighted by Gasteiger charge is 2.11. The SMILES string of the molecule is CC(C)C(C)CCC(C)C(C)C.N=C=O.N=C=O. The monoisotopic (exact) mass is 256 g/mol. The molecular formula is C14H28N2O2. The molecule has 0 radical (unpaired) electrons. The van der Waals surface area contributed by atoms with Crippen LogP contribution in [-0.2, 0) is 9.59 Å². The zero-order chi connectivity index (χ0) is 15.1. The predicted molar refractivity (Wildman–Crippen MR) is 74.1 cm³/mol. The van der Waals surface area contributed by atoms with Gasteiger partial charge in [0.1, 0.15) is 0 Å². The van der Waals surface area contributed by atoms with Crippen LogP contribution in [0.1, 0.15) is 54.4 Å². The molecule has 0 aromatic heterocycles. The molecule has 0 aliphatic heterocycles. The Morgan fingerprint density at radius 1 is 0.722 bits per heavy atom. The number of rotatable bonds is 5. The highest BCUT2D eigenvalue weighted by Crippen LogP contribution is 2.22. The van der Waals surface area contributed by atoms with Gasteiger partial charge in [-0.2, -0.15) is 0 Å². The summed E-state index contributed by atoms with van der Waals surface area (Å²) >= 11 is 0. The molecule has 0 spiro atoms. The van der Waals surface area contributed by atoms with E-state index in [4.69, 9.17) is 20.4 Å². The molecule has 0 bridgehead atoms. The molecule has 0 fully saturated rings. The molecule has 0 saturated heterocycles. The van der Waals surface area contributed by atoms with Gasteiger partial charge >= 0.3 is 0 Å². The van der Waals surface area contributed by atoms with Crippen molar-refractivity contribution in [3.05, 3.63) is 0 Å². The largest absolute Gasteiger partial charge is 0.231 e. The summed E-state index contributed by atoms with van der Waals surface area (Å²) in [4.78, 5) is 16.7. The molecule has 4 heteroatoms. The van der Waals surface area contributed by atoms with E-state index < -0.39 is 0 Å². The zero-order valence-corrected chi connectivity index (χ0v) is 12.5. The fraction of sp³-hybridized carbons (Fsp3) is 0.857. The predicted octanol–water partition coefficient (Wildman–Crippen LogP) is 4.15. The Labute approximate surface area is 111 Å². The lowest BCUT2D eigenvalue weighted by Gasteiger charge is -2.20. The molecule has 0 rings (SSSR count). The smallest absolute Gasteiger partial charge is 0.222 e. The van der Waals surface area contributed by atoms with E-state index in [1.165, 1.54) is 12.8 Å². The minimum Gasteiger partial charge on any atom is -0.222 e. The lowest BCUT2D eigenvalue weighted by molar-refractivity contribution is 0.312. The first-order valence-corrected chi connectivity index (χ1v) is 6.36. The molecule has 18 heavy (non-hydrogen) atoms. The summed E-state index contributed by atoms with van der Waals surface area (Å²) < 4.78 is 0. The van der Waals surface area contributed by atoms with E-state index in [2.05, 4.69) is 41.5 Å². The van der Waals surface area contributed by atoms with E-state index >= 15 is 0 Å². The third-order valence-corrected chi connectivity index (χ3v) is 3.35. The average Bonchev–Trinajstić information content (AvgIpc) is 2.27. The van der Waals surface area contributed by atoms with Gasteiger partial charge in [-0.1, -0.05) is 54.4 Å². The van der Waals surface area contributed by atoms with Crippen LogP contribution in [-0.4, -0.2) is 12.2 Å². The van der Waals surface area contributed by atoms with Gasteiger partial charge in [0.25, 0.3) is 0 Å². The molecule has 0 aromatic carbocycles. The summed E-state index contributed by atoms with van der Waals surface area (Å²) in [5.74, 6) is 3.49. The van der Waals surface area contributed by atoms with Crippen LogP contribution in [0.15, 0.2) is 0 Å². The zero-order valence-electron chi connectivity index (χ0n) is 12.5. The Kier molecular flexibility index (Phi) is 19.3. The Morgan fingerprint density at radius 3 is 1.00 bits per heavy atom. The normalized spacial score (nSPS) is 12.2. The first-order chi connectivity index (χ1) is 8.28. The molecule has 106 valence electrons. The topological polar surface area (TPSA) is 81.8 Å². The van der Waals surface area contributed by atoms with E-state index in [1.807, 2.05) is 0 Å². The summed E-state index contributed by atoms with van der Waals surface area (Å²) in [5.41, 5.74) is 0. The molecule has 0 aliphatic rings. The Balaban J connectivity index is -0.000000315. The summed E-state index contributed by atoms with van der Waals surface area (Å²) in [6, 6.07) is 0. The summed E-state index contributed by atoms with van der Waals surface area (Å²) in [6.07, 6.45) is 4.30. The fourth-order valence-electron chi connectivity index (χ4n) is 1.19. The van der Waals surface area contributed by atoms with Crippen molar-refractivity contribution in [2.75, 3.05) is 0 Å². The molecule has 0 aromatic rings. The number of nitrogens with one attached hydrogen (secondary N) is 2. The Morgan fingerprint density at radius 2 is 0.889 bits per heavy atom. The van der Waals surface area contributed by atoms with Crippen LogP contribution in [0.25, 0.3) is 0 Å². The second-order valence-electron chi connectivity index (χ2n) is 5.22. The van der Waals surface area contributed by atoms with E-state index in [0.717, 1.165) is 35.8 Å². The minimum atomic E-state index is 0.750. The third-order valence-electron chi connectivity index (χ3n) is 3.35. The Bertz CT molecular complexity index is 212. The first kappa shape index (κ1) is 22.0. The van der Waals surface area contributed by atoms with E-state index in [1.54, 1.807) is 0 Å². The molecule has 4 nitrogen and oxygen atoms in total. The van der Waals surface area contributed by atoms with Gasteiger partial charge in [-0.25, -0.2) is 20.4 Å². The average molecular weight is 256 g/mol. The lowest BCUT2D eigenvalue weighted by Crippen LogP contribution is -2.09. The Hall–Kier alpha value is -1.24. The van der Waals surface area contributed by atoms with Gasteiger partial charge in [0, 0.05) is 0 Å². The van der Waals surface area contributed by atoms with Gasteiger partial charge in [-0.15, -0.1) is 0 Å². The van der Waals surface area contributed by atoms with Crippen molar-refractivity contribution in [1.82, 2.24) is 0 Å². The number of isocyanates is 2. The molecule has 0 aliphatic carbocycles. The number of hydrogen-bond acceptors (Lipinski definition) is 4. The maximum Gasteiger partial charge on any atom is 0.231 e. The highest BCUT2D eigenvalue weighted by molar-refractivity contribution is 5.26. The van der Waals surface area contributed by atoms with Crippen LogP contribution < -0.4 is 0 Å². The molecule has 2 N–H and O–H groups in total. The number of carbonyl (C=O) groups excluding carboxylic acids is 2. The first-order valence-electron chi connectivity index (χ1n) is 6.36. The van der Waals surface area contributed by atoms with Crippen LogP contribution in [0.4, 0.5) is 0 Å². The molecule has 2 unspecified atom stereocenters. The lowest BCUT2D eigenvalue weighted by atomic mass is 9.86. The van der Waals surface area contributed by atoms with Crippen LogP contribution in [0.5, 0.6) is 0 Å². The highest BCUT2D eigenvalue weighted by atomic mass is 16.1. The van der Waals surface area contributed by atoms with Gasteiger partial charge in [-0.05, 0) is 23.7 Å². The maximum absolute atomic E-state index is 8.35. The van der Waals surface area contributed by atoms with Gasteiger partial charge in [0.15, 0.2) is 0 Å². The third kappa shape index (κ3) is 20.2. The van der Waals surface area contributed by atoms with Crippen molar-refractivity contribution < 1.29 is 9.59 Å². The van der Waals surface area contributed by atoms with Crippen LogP contribution in [0.2, 0.25) is 0 Å². The molecule has 0 saturated carbocycles. The van der Waals surface area contributed by atoms with Crippen LogP contribution in [0.3, 0.4) is 0 Å². The molecule has 2 atom stereocenters. The van der Waals surface area contributed by atoms with Gasteiger partial charge in [-0.3, -0.25) is 0 Å². The quantitative estimate of drug-likeness (QED) is 0.572. The van der Waals surface area contributed by atoms with E-state index in [0.29, 0.717) is 0 Å². The standard InChI is InChI=1S/C12H26.2CHNO/c1-9(2)11(5)7-8-12(6)10(3)4;2*2-1-3/h9-12H,7-8H2,1-6H3;2*2H. The van der Waals surface area contributed by atoms with Crippen molar-refractivity contribution in [2.24, 2.45) is 23.7 Å². The second-order valence-corrected chi connectivity index (χ2v) is 5.22. The van der Waals surface area contributed by atoms with Crippen molar-refractivity contribution in [3.63, 3.8) is 0 Å². The molecule has 0 amide bonds. The van der Waals surface area contributed by atoms with E-state index in [-0.39, 0.29) is 0 Å². The minimum absolute atomic E-state index is 0.750. The van der Waals surface area contributed by atoms with Gasteiger partial charge in [0.05, 0.1) is 0 Å². The van der Waals surface area contributed by atoms with Gasteiger partial charge < -0.3 is 0 Å². The molecule has 0 heterocycles. The second kappa shape index (κ2) is 15.8. The number of hydrogen-bond donors (Lipinski definition) is 2.